The number of benzene rings is 1. The number of hydrogen-bond acceptors (Lipinski definition) is 5. The first-order valence-electron chi connectivity index (χ1n) is 6.55. The summed E-state index contributed by atoms with van der Waals surface area (Å²) < 4.78 is 23.0. The lowest BCUT2D eigenvalue weighted by Gasteiger charge is -2.08. The van der Waals surface area contributed by atoms with E-state index in [-0.39, 0.29) is 23.0 Å². The van der Waals surface area contributed by atoms with Crippen molar-refractivity contribution in [3.8, 4) is 0 Å². The van der Waals surface area contributed by atoms with E-state index in [2.05, 4.69) is 15.3 Å². The molecule has 0 atom stereocenters. The van der Waals surface area contributed by atoms with Crippen LogP contribution in [0.15, 0.2) is 41.6 Å². The molecule has 0 radical (unpaired) electrons. The number of amides is 1. The molecule has 0 aliphatic heterocycles. The Hall–Kier alpha value is -2.32. The van der Waals surface area contributed by atoms with Gasteiger partial charge in [-0.25, -0.2) is 18.5 Å². The number of aromatic nitrogens is 2. The van der Waals surface area contributed by atoms with E-state index in [0.29, 0.717) is 12.0 Å². The summed E-state index contributed by atoms with van der Waals surface area (Å²) in [5.41, 5.74) is 1.49. The van der Waals surface area contributed by atoms with Crippen molar-refractivity contribution in [3.63, 3.8) is 0 Å². The van der Waals surface area contributed by atoms with Crippen LogP contribution in [0.3, 0.4) is 0 Å². The zero-order valence-electron chi connectivity index (χ0n) is 12.0. The second kappa shape index (κ2) is 6.63. The Morgan fingerprint density at radius 2 is 1.95 bits per heavy atom. The van der Waals surface area contributed by atoms with E-state index in [1.165, 1.54) is 18.5 Å². The molecule has 116 valence electrons. The quantitative estimate of drug-likeness (QED) is 0.827. The maximum Gasteiger partial charge on any atom is 0.271 e. The Balaban J connectivity index is 2.00. The molecule has 7 nitrogen and oxygen atoms in total. The summed E-state index contributed by atoms with van der Waals surface area (Å²) in [4.78, 5) is 19.9. The highest BCUT2D eigenvalue weighted by Gasteiger charge is 2.13. The van der Waals surface area contributed by atoms with Crippen molar-refractivity contribution < 1.29 is 13.2 Å². The number of carbonyl (C=O) groups excluding carboxylic acids is 1. The van der Waals surface area contributed by atoms with Crippen LogP contribution in [0.4, 0.5) is 0 Å². The van der Waals surface area contributed by atoms with Crippen LogP contribution < -0.4 is 10.5 Å². The van der Waals surface area contributed by atoms with Gasteiger partial charge in [-0.2, -0.15) is 0 Å². The first kappa shape index (κ1) is 16.1. The largest absolute Gasteiger partial charge is 0.350 e. The number of nitrogens with two attached hydrogens (primary N) is 1. The number of sulfonamides is 1. The first-order valence-corrected chi connectivity index (χ1v) is 8.10. The zero-order chi connectivity index (χ0) is 16.2. The standard InChI is InChI=1S/C14H16N4O3S/c1-10-8-18-12(9-17-10)14(19)16-7-6-11-4-2-3-5-13(11)22(15,20)21/h2-5,8-9H,6-7H2,1H3,(H,16,19)(H2,15,20,21). The molecule has 1 amide bonds. The molecule has 2 rings (SSSR count). The van der Waals surface area contributed by atoms with Crippen molar-refractivity contribution in [1.29, 1.82) is 0 Å². The number of primary sulfonamides is 1. The summed E-state index contributed by atoms with van der Waals surface area (Å²) in [6, 6.07) is 6.43. The van der Waals surface area contributed by atoms with Crippen molar-refractivity contribution >= 4 is 15.9 Å². The van der Waals surface area contributed by atoms with Gasteiger partial charge in [-0.05, 0) is 25.0 Å². The molecule has 0 saturated carbocycles. The Kier molecular flexibility index (Phi) is 4.84. The van der Waals surface area contributed by atoms with Gasteiger partial charge in [-0.1, -0.05) is 18.2 Å². The van der Waals surface area contributed by atoms with Gasteiger partial charge >= 0.3 is 0 Å². The normalized spacial score (nSPS) is 11.2. The molecule has 3 N–H and O–H groups in total. The van der Waals surface area contributed by atoms with Crippen LogP contribution in [0.2, 0.25) is 0 Å². The first-order chi connectivity index (χ1) is 10.4. The van der Waals surface area contributed by atoms with Crippen molar-refractivity contribution in [2.45, 2.75) is 18.2 Å². The molecular formula is C14H16N4O3S. The van der Waals surface area contributed by atoms with Gasteiger partial charge in [0.05, 0.1) is 16.8 Å². The highest BCUT2D eigenvalue weighted by molar-refractivity contribution is 7.89. The summed E-state index contributed by atoms with van der Waals surface area (Å²) in [5.74, 6) is -0.361. The molecule has 1 heterocycles. The highest BCUT2D eigenvalue weighted by atomic mass is 32.2. The van der Waals surface area contributed by atoms with Gasteiger partial charge in [0.2, 0.25) is 10.0 Å². The summed E-state index contributed by atoms with van der Waals surface area (Å²) in [6.07, 6.45) is 3.24. The second-order valence-corrected chi connectivity index (χ2v) is 6.23. The van der Waals surface area contributed by atoms with Crippen LogP contribution in [0.5, 0.6) is 0 Å². The maximum absolute atomic E-state index is 11.9. The van der Waals surface area contributed by atoms with E-state index in [0.717, 1.165) is 5.69 Å². The third-order valence-corrected chi connectivity index (χ3v) is 3.98. The number of aryl methyl sites for hydroxylation is 1. The minimum Gasteiger partial charge on any atom is -0.350 e. The zero-order valence-corrected chi connectivity index (χ0v) is 12.8. The minimum absolute atomic E-state index is 0.0689. The van der Waals surface area contributed by atoms with Crippen LogP contribution in [0.25, 0.3) is 0 Å². The van der Waals surface area contributed by atoms with Gasteiger partial charge in [0.1, 0.15) is 5.69 Å². The molecule has 8 heteroatoms. The van der Waals surface area contributed by atoms with Gasteiger partial charge in [0, 0.05) is 12.7 Å². The van der Waals surface area contributed by atoms with Gasteiger partial charge in [-0.15, -0.1) is 0 Å². The monoisotopic (exact) mass is 320 g/mol. The molecule has 0 unspecified atom stereocenters. The smallest absolute Gasteiger partial charge is 0.271 e. The van der Waals surface area contributed by atoms with E-state index in [1.54, 1.807) is 25.1 Å². The Morgan fingerprint density at radius 1 is 1.23 bits per heavy atom. The highest BCUT2D eigenvalue weighted by Crippen LogP contribution is 2.13. The van der Waals surface area contributed by atoms with Crippen molar-refractivity contribution in [2.24, 2.45) is 5.14 Å². The third kappa shape index (κ3) is 4.09. The lowest BCUT2D eigenvalue weighted by molar-refractivity contribution is 0.0948. The van der Waals surface area contributed by atoms with Gasteiger partial charge < -0.3 is 5.32 Å². The Labute approximate surface area is 128 Å². The van der Waals surface area contributed by atoms with Crippen molar-refractivity contribution in [3.05, 3.63) is 53.6 Å². The fourth-order valence-corrected chi connectivity index (χ4v) is 2.70. The average molecular weight is 320 g/mol. The number of carbonyl (C=O) groups is 1. The number of rotatable bonds is 5. The van der Waals surface area contributed by atoms with Crippen LogP contribution in [-0.4, -0.2) is 30.8 Å². The number of nitrogens with zero attached hydrogens (tertiary/aromatic N) is 2. The van der Waals surface area contributed by atoms with Crippen LogP contribution in [-0.2, 0) is 16.4 Å². The van der Waals surface area contributed by atoms with Gasteiger partial charge in [-0.3, -0.25) is 9.78 Å². The molecule has 0 aliphatic rings. The maximum atomic E-state index is 11.9. The average Bonchev–Trinajstić information content (AvgIpc) is 2.47. The molecule has 1 aromatic heterocycles. The SMILES string of the molecule is Cc1cnc(C(=O)NCCc2ccccc2S(N)(=O)=O)cn1. The van der Waals surface area contributed by atoms with Gasteiger partial charge in [0.25, 0.3) is 5.91 Å². The van der Waals surface area contributed by atoms with Gasteiger partial charge in [0.15, 0.2) is 0 Å². The Bertz CT molecular complexity index is 773. The summed E-state index contributed by atoms with van der Waals surface area (Å²) in [6.45, 7) is 2.04. The molecular weight excluding hydrogens is 304 g/mol. The lowest BCUT2D eigenvalue weighted by Crippen LogP contribution is -2.27. The van der Waals surface area contributed by atoms with Crippen LogP contribution in [0.1, 0.15) is 21.7 Å². The molecule has 0 bridgehead atoms. The van der Waals surface area contributed by atoms with E-state index in [4.69, 9.17) is 5.14 Å². The molecule has 22 heavy (non-hydrogen) atoms. The lowest BCUT2D eigenvalue weighted by atomic mass is 10.1. The van der Waals surface area contributed by atoms with E-state index in [1.807, 2.05) is 0 Å². The molecule has 0 fully saturated rings. The predicted octanol–water partition coefficient (Wildman–Crippen LogP) is 0.405. The molecule has 2 aromatic rings. The topological polar surface area (TPSA) is 115 Å². The van der Waals surface area contributed by atoms with E-state index >= 15 is 0 Å². The Morgan fingerprint density at radius 3 is 2.59 bits per heavy atom. The van der Waals surface area contributed by atoms with E-state index < -0.39 is 10.0 Å². The third-order valence-electron chi connectivity index (χ3n) is 2.97. The number of nitrogens with one attached hydrogen (secondary N) is 1. The van der Waals surface area contributed by atoms with Crippen LogP contribution >= 0.6 is 0 Å². The summed E-state index contributed by atoms with van der Waals surface area (Å²) in [7, 11) is -3.78. The molecule has 0 aliphatic carbocycles. The van der Waals surface area contributed by atoms with Crippen LogP contribution in [0, 0.1) is 6.92 Å². The predicted molar refractivity (Wildman–Crippen MR) is 80.6 cm³/mol. The molecule has 0 spiro atoms. The van der Waals surface area contributed by atoms with E-state index in [9.17, 15) is 13.2 Å². The van der Waals surface area contributed by atoms with Crippen molar-refractivity contribution in [1.82, 2.24) is 15.3 Å². The minimum atomic E-state index is -3.78. The van der Waals surface area contributed by atoms with Crippen molar-refractivity contribution in [2.75, 3.05) is 6.54 Å². The molecule has 1 aromatic carbocycles. The fraction of sp³-hybridized carbons (Fsp3) is 0.214. The summed E-state index contributed by atoms with van der Waals surface area (Å²) in [5, 5.41) is 7.83. The summed E-state index contributed by atoms with van der Waals surface area (Å²) >= 11 is 0. The second-order valence-electron chi connectivity index (χ2n) is 4.70. The number of hydrogen-bond donors (Lipinski definition) is 2. The molecule has 0 saturated heterocycles. The fourth-order valence-electron chi connectivity index (χ4n) is 1.90.